The Morgan fingerprint density at radius 2 is 2.28 bits per heavy atom. The van der Waals surface area contributed by atoms with E-state index in [9.17, 15) is 14.9 Å². The van der Waals surface area contributed by atoms with E-state index in [2.05, 4.69) is 5.10 Å². The van der Waals surface area contributed by atoms with Gasteiger partial charge in [-0.15, -0.1) is 0 Å². The van der Waals surface area contributed by atoms with Crippen LogP contribution in [0.25, 0.3) is 5.69 Å². The number of benzene rings is 1. The van der Waals surface area contributed by atoms with Crippen LogP contribution in [0.2, 0.25) is 0 Å². The minimum atomic E-state index is -0.950. The van der Waals surface area contributed by atoms with E-state index in [0.29, 0.717) is 11.3 Å². The van der Waals surface area contributed by atoms with E-state index in [1.165, 1.54) is 29.2 Å². The Bertz CT molecular complexity index is 606. The second kappa shape index (κ2) is 4.66. The number of nitro groups is 1. The van der Waals surface area contributed by atoms with Gasteiger partial charge in [-0.1, -0.05) is 6.07 Å². The van der Waals surface area contributed by atoms with Crippen LogP contribution in [-0.2, 0) is 11.2 Å². The summed E-state index contributed by atoms with van der Waals surface area (Å²) < 4.78 is 1.41. The van der Waals surface area contributed by atoms with Gasteiger partial charge in [-0.3, -0.25) is 14.9 Å². The number of aliphatic carboxylic acids is 1. The van der Waals surface area contributed by atoms with Gasteiger partial charge in [0.2, 0.25) is 0 Å². The third-order valence-electron chi connectivity index (χ3n) is 2.30. The summed E-state index contributed by atoms with van der Waals surface area (Å²) in [6.45, 7) is 0. The molecule has 2 rings (SSSR count). The van der Waals surface area contributed by atoms with Crippen LogP contribution in [0.5, 0.6) is 0 Å². The molecule has 0 unspecified atom stereocenters. The van der Waals surface area contributed by atoms with E-state index in [4.69, 9.17) is 5.11 Å². The van der Waals surface area contributed by atoms with Crippen LogP contribution in [0.4, 0.5) is 5.69 Å². The maximum absolute atomic E-state index is 10.6. The highest BCUT2D eigenvalue weighted by Crippen LogP contribution is 2.16. The number of hydrogen-bond acceptors (Lipinski definition) is 4. The fraction of sp³-hybridized carbons (Fsp3) is 0.0909. The monoisotopic (exact) mass is 247 g/mol. The number of hydrogen-bond donors (Lipinski definition) is 1. The molecule has 0 bridgehead atoms. The van der Waals surface area contributed by atoms with Gasteiger partial charge in [-0.05, 0) is 6.07 Å². The number of nitrogens with zero attached hydrogens (tertiary/aromatic N) is 3. The molecule has 0 aliphatic carbocycles. The zero-order chi connectivity index (χ0) is 13.1. The maximum Gasteiger partial charge on any atom is 0.307 e. The second-order valence-electron chi connectivity index (χ2n) is 3.64. The molecule has 0 atom stereocenters. The minimum Gasteiger partial charge on any atom is -0.481 e. The van der Waals surface area contributed by atoms with Crippen molar-refractivity contribution in [1.82, 2.24) is 9.78 Å². The first kappa shape index (κ1) is 11.8. The fourth-order valence-corrected chi connectivity index (χ4v) is 1.52. The Labute approximate surface area is 101 Å². The number of carbonyl (C=O) groups is 1. The molecule has 0 fully saturated rings. The van der Waals surface area contributed by atoms with E-state index < -0.39 is 10.9 Å². The van der Waals surface area contributed by atoms with Crippen molar-refractivity contribution in [1.29, 1.82) is 0 Å². The Morgan fingerprint density at radius 3 is 2.94 bits per heavy atom. The zero-order valence-electron chi connectivity index (χ0n) is 9.18. The molecular formula is C11H9N3O4. The first-order chi connectivity index (χ1) is 8.56. The van der Waals surface area contributed by atoms with Crippen molar-refractivity contribution < 1.29 is 14.8 Å². The van der Waals surface area contributed by atoms with Gasteiger partial charge in [-0.25, -0.2) is 4.68 Å². The third-order valence-corrected chi connectivity index (χ3v) is 2.30. The average Bonchev–Trinajstić information content (AvgIpc) is 2.77. The van der Waals surface area contributed by atoms with Gasteiger partial charge in [0.05, 0.1) is 23.2 Å². The highest BCUT2D eigenvalue weighted by atomic mass is 16.6. The molecule has 92 valence electrons. The first-order valence-corrected chi connectivity index (χ1v) is 5.06. The molecule has 0 saturated carbocycles. The maximum atomic E-state index is 10.6. The third kappa shape index (κ3) is 2.51. The minimum absolute atomic E-state index is 0.0391. The van der Waals surface area contributed by atoms with Crippen LogP contribution < -0.4 is 0 Å². The van der Waals surface area contributed by atoms with Crippen molar-refractivity contribution >= 4 is 11.7 Å². The zero-order valence-corrected chi connectivity index (χ0v) is 9.18. The summed E-state index contributed by atoms with van der Waals surface area (Å²) in [7, 11) is 0. The standard InChI is InChI=1S/C11H9N3O4/c15-11(16)4-8-6-12-13(7-8)9-2-1-3-10(5-9)14(17)18/h1-3,5-7H,4H2,(H,15,16). The van der Waals surface area contributed by atoms with Crippen LogP contribution in [-0.4, -0.2) is 25.8 Å². The van der Waals surface area contributed by atoms with Crippen molar-refractivity contribution in [3.05, 3.63) is 52.3 Å². The van der Waals surface area contributed by atoms with E-state index in [1.807, 2.05) is 0 Å². The van der Waals surface area contributed by atoms with Gasteiger partial charge in [-0.2, -0.15) is 5.10 Å². The average molecular weight is 247 g/mol. The van der Waals surface area contributed by atoms with Crippen LogP contribution in [0.3, 0.4) is 0 Å². The Kier molecular flexibility index (Phi) is 3.05. The number of non-ortho nitro benzene ring substituents is 1. The number of carboxylic acid groups (broad SMARTS) is 1. The molecule has 7 nitrogen and oxygen atoms in total. The smallest absolute Gasteiger partial charge is 0.307 e. The second-order valence-corrected chi connectivity index (χ2v) is 3.64. The van der Waals surface area contributed by atoms with Gasteiger partial charge in [0.15, 0.2) is 0 Å². The highest BCUT2D eigenvalue weighted by Gasteiger charge is 2.09. The molecule has 0 aliphatic heterocycles. The quantitative estimate of drug-likeness (QED) is 0.650. The lowest BCUT2D eigenvalue weighted by atomic mass is 10.2. The van der Waals surface area contributed by atoms with E-state index >= 15 is 0 Å². The number of carboxylic acids is 1. The molecule has 1 heterocycles. The van der Waals surface area contributed by atoms with Crippen molar-refractivity contribution in [2.45, 2.75) is 6.42 Å². The SMILES string of the molecule is O=C(O)Cc1cnn(-c2cccc([N+](=O)[O-])c2)c1. The molecule has 1 aromatic heterocycles. The predicted molar refractivity (Wildman–Crippen MR) is 61.6 cm³/mol. The van der Waals surface area contributed by atoms with Crippen molar-refractivity contribution in [3.63, 3.8) is 0 Å². The first-order valence-electron chi connectivity index (χ1n) is 5.06. The Morgan fingerprint density at radius 1 is 1.50 bits per heavy atom. The predicted octanol–water partition coefficient (Wildman–Crippen LogP) is 1.41. The van der Waals surface area contributed by atoms with Crippen LogP contribution in [0.1, 0.15) is 5.56 Å². The number of aromatic nitrogens is 2. The van der Waals surface area contributed by atoms with Crippen molar-refractivity contribution in [3.8, 4) is 5.69 Å². The van der Waals surface area contributed by atoms with Gasteiger partial charge in [0, 0.05) is 23.9 Å². The van der Waals surface area contributed by atoms with E-state index in [-0.39, 0.29) is 12.1 Å². The summed E-state index contributed by atoms with van der Waals surface area (Å²) in [6.07, 6.45) is 2.83. The summed E-state index contributed by atoms with van der Waals surface area (Å²) in [6, 6.07) is 5.96. The molecule has 1 aromatic carbocycles. The van der Waals surface area contributed by atoms with Gasteiger partial charge < -0.3 is 5.11 Å². The lowest BCUT2D eigenvalue weighted by molar-refractivity contribution is -0.384. The highest BCUT2D eigenvalue weighted by molar-refractivity contribution is 5.69. The lowest BCUT2D eigenvalue weighted by Crippen LogP contribution is -1.99. The summed E-state index contributed by atoms with van der Waals surface area (Å²) >= 11 is 0. The molecule has 2 aromatic rings. The summed E-state index contributed by atoms with van der Waals surface area (Å²) in [5.41, 5.74) is 1.01. The van der Waals surface area contributed by atoms with Crippen molar-refractivity contribution in [2.24, 2.45) is 0 Å². The number of nitro benzene ring substituents is 1. The van der Waals surface area contributed by atoms with E-state index in [1.54, 1.807) is 12.1 Å². The largest absolute Gasteiger partial charge is 0.481 e. The molecule has 0 radical (unpaired) electrons. The van der Waals surface area contributed by atoms with Crippen molar-refractivity contribution in [2.75, 3.05) is 0 Å². The summed E-state index contributed by atoms with van der Waals surface area (Å²) in [5, 5.41) is 23.2. The van der Waals surface area contributed by atoms with Crippen LogP contribution in [0, 0.1) is 10.1 Å². The fourth-order valence-electron chi connectivity index (χ4n) is 1.52. The summed E-state index contributed by atoms with van der Waals surface area (Å²) in [4.78, 5) is 20.7. The van der Waals surface area contributed by atoms with E-state index in [0.717, 1.165) is 0 Å². The van der Waals surface area contributed by atoms with Crippen LogP contribution >= 0.6 is 0 Å². The Hall–Kier alpha value is -2.70. The molecular weight excluding hydrogens is 238 g/mol. The molecule has 0 saturated heterocycles. The Balaban J connectivity index is 2.31. The van der Waals surface area contributed by atoms with Gasteiger partial charge in [0.1, 0.15) is 0 Å². The van der Waals surface area contributed by atoms with Crippen LogP contribution in [0.15, 0.2) is 36.7 Å². The molecule has 7 heteroatoms. The molecule has 0 amide bonds. The van der Waals surface area contributed by atoms with Gasteiger partial charge in [0.25, 0.3) is 5.69 Å². The molecule has 0 aliphatic rings. The molecule has 1 N–H and O–H groups in total. The molecule has 0 spiro atoms. The normalized spacial score (nSPS) is 10.2. The van der Waals surface area contributed by atoms with Gasteiger partial charge >= 0.3 is 5.97 Å². The summed E-state index contributed by atoms with van der Waals surface area (Å²) in [5.74, 6) is -0.950. The topological polar surface area (TPSA) is 98.3 Å². The number of rotatable bonds is 4. The lowest BCUT2D eigenvalue weighted by Gasteiger charge is -2.00. The molecule has 18 heavy (non-hydrogen) atoms.